The lowest BCUT2D eigenvalue weighted by molar-refractivity contribution is 0.0443. The van der Waals surface area contributed by atoms with Crippen LogP contribution in [-0.2, 0) is 22.5 Å². The lowest BCUT2D eigenvalue weighted by Gasteiger charge is -2.36. The number of carbonyl (C=O) groups excluding carboxylic acids is 2. The predicted molar refractivity (Wildman–Crippen MR) is 158 cm³/mol. The van der Waals surface area contributed by atoms with E-state index >= 15 is 0 Å². The summed E-state index contributed by atoms with van der Waals surface area (Å²) in [4.78, 5) is 31.0. The van der Waals surface area contributed by atoms with Crippen LogP contribution in [0.15, 0.2) is 59.0 Å². The molecule has 1 aliphatic rings. The molecule has 5 rings (SSSR count). The van der Waals surface area contributed by atoms with Gasteiger partial charge in [0.05, 0.1) is 31.0 Å². The van der Waals surface area contributed by atoms with Crippen LogP contribution in [0.1, 0.15) is 76.2 Å². The molecule has 0 N–H and O–H groups in total. The molecule has 0 amide bonds. The summed E-state index contributed by atoms with van der Waals surface area (Å²) in [5.41, 5.74) is 5.41. The molecule has 0 bridgehead atoms. The lowest BCUT2D eigenvalue weighted by Crippen LogP contribution is -2.28. The molecule has 212 valence electrons. The number of benzene rings is 2. The Labute approximate surface area is 240 Å². The van der Waals surface area contributed by atoms with E-state index in [-0.39, 0.29) is 17.9 Å². The van der Waals surface area contributed by atoms with Crippen LogP contribution in [0.5, 0.6) is 5.75 Å². The predicted octanol–water partition coefficient (Wildman–Crippen LogP) is 7.44. The van der Waals surface area contributed by atoms with Gasteiger partial charge in [-0.3, -0.25) is 0 Å². The van der Waals surface area contributed by atoms with Crippen molar-refractivity contribution in [2.45, 2.75) is 47.1 Å². The summed E-state index contributed by atoms with van der Waals surface area (Å²) in [5.74, 6) is 0.911. The van der Waals surface area contributed by atoms with Gasteiger partial charge >= 0.3 is 11.9 Å². The van der Waals surface area contributed by atoms with Crippen molar-refractivity contribution in [3.05, 3.63) is 94.1 Å². The molecule has 0 unspecified atom stereocenters. The first-order chi connectivity index (χ1) is 19.6. The number of methoxy groups -OCH3 is 2. The number of rotatable bonds is 6. The van der Waals surface area contributed by atoms with E-state index in [0.29, 0.717) is 29.1 Å². The Bertz CT molecular complexity index is 1640. The van der Waals surface area contributed by atoms with Crippen LogP contribution in [0.3, 0.4) is 0 Å². The Morgan fingerprint density at radius 1 is 1.02 bits per heavy atom. The molecule has 2 aromatic heterocycles. The molecule has 7 heteroatoms. The average Bonchev–Trinajstić information content (AvgIpc) is 3.34. The third kappa shape index (κ3) is 5.75. The Kier molecular flexibility index (Phi) is 7.72. The monoisotopic (exact) mass is 553 g/mol. The normalized spacial score (nSPS) is 16.0. The number of allylic oxidation sites excluding steroid dienone is 1. The number of esters is 2. The van der Waals surface area contributed by atoms with Gasteiger partial charge in [-0.25, -0.2) is 14.6 Å². The van der Waals surface area contributed by atoms with Gasteiger partial charge in [-0.1, -0.05) is 51.1 Å². The number of hydrogen-bond acceptors (Lipinski definition) is 7. The number of aromatic nitrogens is 1. The summed E-state index contributed by atoms with van der Waals surface area (Å²) in [6.07, 6.45) is 3.70. The largest absolute Gasteiger partial charge is 0.497 e. The molecule has 0 radical (unpaired) electrons. The second-order valence-corrected chi connectivity index (χ2v) is 11.5. The zero-order valence-corrected chi connectivity index (χ0v) is 24.4. The molecular weight excluding hydrogens is 518 g/mol. The molecule has 7 nitrogen and oxygen atoms in total. The molecule has 1 aliphatic carbocycles. The molecule has 0 saturated carbocycles. The standard InChI is InChI=1S/C34H35NO6/c1-20-27(32(36)39-6)18-25(41-20)19-40-33(37)30-26-9-7-8-10-29(26)35-31-22(15-21-11-13-24(38-5)14-12-21)16-23(17-28(30)31)34(2,3)4/h7-15,18,23H,16-17,19H2,1-6H3/b22-15-/t23-/m1/s1. The zero-order chi connectivity index (χ0) is 29.3. The van der Waals surface area contributed by atoms with Gasteiger partial charge < -0.3 is 18.6 Å². The van der Waals surface area contributed by atoms with Crippen molar-refractivity contribution in [3.8, 4) is 5.75 Å². The van der Waals surface area contributed by atoms with Crippen LogP contribution >= 0.6 is 0 Å². The summed E-state index contributed by atoms with van der Waals surface area (Å²) in [5, 5.41) is 0.750. The van der Waals surface area contributed by atoms with E-state index in [1.54, 1.807) is 20.1 Å². The highest BCUT2D eigenvalue weighted by Crippen LogP contribution is 2.45. The maximum absolute atomic E-state index is 13.9. The molecule has 0 saturated heterocycles. The number of hydrogen-bond donors (Lipinski definition) is 0. The van der Waals surface area contributed by atoms with Crippen LogP contribution < -0.4 is 4.74 Å². The summed E-state index contributed by atoms with van der Waals surface area (Å²) in [6.45, 7) is 8.27. The highest BCUT2D eigenvalue weighted by atomic mass is 16.5. The summed E-state index contributed by atoms with van der Waals surface area (Å²) < 4.78 is 21.6. The first-order valence-corrected chi connectivity index (χ1v) is 13.7. The van der Waals surface area contributed by atoms with Gasteiger partial charge in [0.2, 0.25) is 0 Å². The van der Waals surface area contributed by atoms with Crippen molar-refractivity contribution >= 4 is 34.5 Å². The number of nitrogens with zero attached hydrogens (tertiary/aromatic N) is 1. The van der Waals surface area contributed by atoms with Crippen molar-refractivity contribution in [1.82, 2.24) is 4.98 Å². The SMILES string of the molecule is COC(=O)c1cc(COC(=O)c2c3c(nc4ccccc24)/C(=C\c2ccc(OC)cc2)C[C@@H](C(C)(C)C)C3)oc1C. The first kappa shape index (κ1) is 28.1. The minimum absolute atomic E-state index is 0.000506. The Hall–Kier alpha value is -4.39. The molecule has 0 spiro atoms. The molecule has 0 fully saturated rings. The van der Waals surface area contributed by atoms with Crippen molar-refractivity contribution in [1.29, 1.82) is 0 Å². The number of para-hydroxylation sites is 1. The Morgan fingerprint density at radius 2 is 1.76 bits per heavy atom. The smallest absolute Gasteiger partial charge is 0.341 e. The molecular formula is C34H35NO6. The van der Waals surface area contributed by atoms with Gasteiger partial charge in [0.15, 0.2) is 0 Å². The van der Waals surface area contributed by atoms with Crippen molar-refractivity contribution in [3.63, 3.8) is 0 Å². The van der Waals surface area contributed by atoms with Gasteiger partial charge in [0, 0.05) is 5.39 Å². The van der Waals surface area contributed by atoms with Gasteiger partial charge in [0.1, 0.15) is 29.4 Å². The van der Waals surface area contributed by atoms with E-state index in [0.717, 1.165) is 45.5 Å². The molecule has 1 atom stereocenters. The fourth-order valence-electron chi connectivity index (χ4n) is 5.41. The topological polar surface area (TPSA) is 87.9 Å². The van der Waals surface area contributed by atoms with Crippen LogP contribution in [-0.4, -0.2) is 31.1 Å². The fraction of sp³-hybridized carbons (Fsp3) is 0.324. The Balaban J connectivity index is 1.59. The number of furan rings is 1. The van der Waals surface area contributed by atoms with Gasteiger partial charge in [-0.15, -0.1) is 0 Å². The highest BCUT2D eigenvalue weighted by Gasteiger charge is 2.35. The first-order valence-electron chi connectivity index (χ1n) is 13.7. The number of ether oxygens (including phenoxy) is 3. The van der Waals surface area contributed by atoms with Crippen LogP contribution in [0.2, 0.25) is 0 Å². The number of carbonyl (C=O) groups is 2. The van der Waals surface area contributed by atoms with E-state index in [4.69, 9.17) is 23.6 Å². The lowest BCUT2D eigenvalue weighted by atomic mass is 9.69. The van der Waals surface area contributed by atoms with E-state index in [9.17, 15) is 9.59 Å². The number of pyridine rings is 1. The van der Waals surface area contributed by atoms with Crippen LogP contribution in [0.4, 0.5) is 0 Å². The minimum Gasteiger partial charge on any atom is -0.497 e. The van der Waals surface area contributed by atoms with Gasteiger partial charge in [-0.2, -0.15) is 0 Å². The maximum Gasteiger partial charge on any atom is 0.341 e. The van der Waals surface area contributed by atoms with E-state index < -0.39 is 11.9 Å². The summed E-state index contributed by atoms with van der Waals surface area (Å²) >= 11 is 0. The second-order valence-electron chi connectivity index (χ2n) is 11.5. The third-order valence-corrected chi connectivity index (χ3v) is 7.82. The minimum atomic E-state index is -0.498. The summed E-state index contributed by atoms with van der Waals surface area (Å²) in [7, 11) is 2.97. The Morgan fingerprint density at radius 3 is 2.44 bits per heavy atom. The van der Waals surface area contributed by atoms with Crippen LogP contribution in [0.25, 0.3) is 22.6 Å². The highest BCUT2D eigenvalue weighted by molar-refractivity contribution is 6.06. The fourth-order valence-corrected chi connectivity index (χ4v) is 5.41. The van der Waals surface area contributed by atoms with Crippen LogP contribution in [0, 0.1) is 18.3 Å². The quantitative estimate of drug-likeness (QED) is 0.229. The third-order valence-electron chi connectivity index (χ3n) is 7.82. The van der Waals surface area contributed by atoms with Crippen molar-refractivity contribution in [2.24, 2.45) is 11.3 Å². The van der Waals surface area contributed by atoms with E-state index in [1.165, 1.54) is 7.11 Å². The molecule has 41 heavy (non-hydrogen) atoms. The van der Waals surface area contributed by atoms with Crippen molar-refractivity contribution in [2.75, 3.05) is 14.2 Å². The molecule has 2 heterocycles. The zero-order valence-electron chi connectivity index (χ0n) is 24.4. The second kappa shape index (κ2) is 11.2. The number of fused-ring (bicyclic) bond motifs is 2. The molecule has 4 aromatic rings. The summed E-state index contributed by atoms with van der Waals surface area (Å²) in [6, 6.07) is 17.2. The maximum atomic E-state index is 13.9. The van der Waals surface area contributed by atoms with Gasteiger partial charge in [0.25, 0.3) is 0 Å². The van der Waals surface area contributed by atoms with E-state index in [2.05, 4.69) is 26.8 Å². The van der Waals surface area contributed by atoms with Gasteiger partial charge in [-0.05, 0) is 78.1 Å². The molecule has 2 aromatic carbocycles. The van der Waals surface area contributed by atoms with Crippen molar-refractivity contribution < 1.29 is 28.2 Å². The average molecular weight is 554 g/mol. The molecule has 0 aliphatic heterocycles. The number of aryl methyl sites for hydroxylation is 1. The van der Waals surface area contributed by atoms with E-state index in [1.807, 2.05) is 48.5 Å².